The van der Waals surface area contributed by atoms with Crippen LogP contribution in [0, 0.1) is 0 Å². The van der Waals surface area contributed by atoms with Gasteiger partial charge in [-0.25, -0.2) is 4.79 Å². The van der Waals surface area contributed by atoms with Gasteiger partial charge in [-0.15, -0.1) is 0 Å². The quantitative estimate of drug-likeness (QED) is 0.751. The van der Waals surface area contributed by atoms with Crippen LogP contribution in [0.25, 0.3) is 0 Å². The number of methoxy groups -OCH3 is 1. The van der Waals surface area contributed by atoms with E-state index in [9.17, 15) is 4.79 Å². The predicted octanol–water partition coefficient (Wildman–Crippen LogP) is 2.79. The molecule has 25 heavy (non-hydrogen) atoms. The smallest absolute Gasteiger partial charge is 0.374 e. The molecule has 1 aromatic carbocycles. The minimum absolute atomic E-state index is 0.298. The molecule has 0 bridgehead atoms. The second-order valence-electron chi connectivity index (χ2n) is 5.93. The molecule has 1 fully saturated rings. The number of esters is 1. The zero-order valence-corrected chi connectivity index (χ0v) is 14.7. The van der Waals surface area contributed by atoms with E-state index in [0.717, 1.165) is 43.2 Å². The fourth-order valence-electron chi connectivity index (χ4n) is 3.12. The van der Waals surface area contributed by atoms with Crippen molar-refractivity contribution in [3.05, 3.63) is 47.9 Å². The zero-order valence-electron chi connectivity index (χ0n) is 14.7. The summed E-state index contributed by atoms with van der Waals surface area (Å²) in [6.45, 7) is 6.98. The van der Waals surface area contributed by atoms with Crippen LogP contribution in [-0.4, -0.2) is 50.8 Å². The van der Waals surface area contributed by atoms with Crippen LogP contribution in [0.3, 0.4) is 0 Å². The number of ether oxygens (including phenoxy) is 2. The first-order chi connectivity index (χ1) is 12.2. The molecule has 6 heteroatoms. The highest BCUT2D eigenvalue weighted by Gasteiger charge is 2.23. The monoisotopic (exact) mass is 344 g/mol. The van der Waals surface area contributed by atoms with Gasteiger partial charge in [-0.3, -0.25) is 4.90 Å². The Hall–Kier alpha value is -2.47. The molecule has 0 spiro atoms. The van der Waals surface area contributed by atoms with Gasteiger partial charge in [-0.1, -0.05) is 12.1 Å². The number of benzene rings is 1. The van der Waals surface area contributed by atoms with E-state index >= 15 is 0 Å². The number of hydrogen-bond donors (Lipinski definition) is 0. The lowest BCUT2D eigenvalue weighted by Crippen LogP contribution is -2.46. The van der Waals surface area contributed by atoms with E-state index in [2.05, 4.69) is 15.9 Å². The maximum atomic E-state index is 11.7. The maximum Gasteiger partial charge on any atom is 0.374 e. The molecule has 0 amide bonds. The zero-order chi connectivity index (χ0) is 17.6. The minimum atomic E-state index is -0.427. The first-order valence-corrected chi connectivity index (χ1v) is 8.56. The van der Waals surface area contributed by atoms with Crippen LogP contribution in [0.4, 0.5) is 5.69 Å². The molecule has 0 unspecified atom stereocenters. The number of hydrogen-bond acceptors (Lipinski definition) is 6. The van der Waals surface area contributed by atoms with Crippen molar-refractivity contribution in [1.29, 1.82) is 0 Å². The summed E-state index contributed by atoms with van der Waals surface area (Å²) in [5, 5.41) is 0. The van der Waals surface area contributed by atoms with Gasteiger partial charge in [0.15, 0.2) is 0 Å². The van der Waals surface area contributed by atoms with Gasteiger partial charge < -0.3 is 18.8 Å². The lowest BCUT2D eigenvalue weighted by molar-refractivity contribution is 0.0561. The number of carbonyl (C=O) groups is 1. The van der Waals surface area contributed by atoms with E-state index in [-0.39, 0.29) is 0 Å². The molecule has 0 N–H and O–H groups in total. The highest BCUT2D eigenvalue weighted by molar-refractivity contribution is 5.87. The Bertz CT molecular complexity index is 705. The highest BCUT2D eigenvalue weighted by atomic mass is 16.5. The van der Waals surface area contributed by atoms with Crippen LogP contribution in [-0.2, 0) is 11.3 Å². The summed E-state index contributed by atoms with van der Waals surface area (Å²) in [6.07, 6.45) is 1.54. The molecular weight excluding hydrogens is 320 g/mol. The minimum Gasteiger partial charge on any atom is -0.492 e. The fourth-order valence-corrected chi connectivity index (χ4v) is 3.12. The van der Waals surface area contributed by atoms with Gasteiger partial charge in [0.05, 0.1) is 25.7 Å². The Labute approximate surface area is 147 Å². The third-order valence-electron chi connectivity index (χ3n) is 4.39. The van der Waals surface area contributed by atoms with Crippen molar-refractivity contribution in [1.82, 2.24) is 4.90 Å². The van der Waals surface area contributed by atoms with Crippen molar-refractivity contribution in [2.75, 3.05) is 44.8 Å². The van der Waals surface area contributed by atoms with Gasteiger partial charge in [0.1, 0.15) is 5.75 Å². The molecule has 6 nitrogen and oxygen atoms in total. The molecule has 2 aromatic rings. The largest absolute Gasteiger partial charge is 0.492 e. The fraction of sp³-hybridized carbons (Fsp3) is 0.421. The Morgan fingerprint density at radius 2 is 1.92 bits per heavy atom. The molecular formula is C19H24N2O4. The molecule has 0 radical (unpaired) electrons. The number of rotatable bonds is 6. The average Bonchev–Trinajstić information content (AvgIpc) is 3.11. The van der Waals surface area contributed by atoms with E-state index < -0.39 is 5.97 Å². The first-order valence-electron chi connectivity index (χ1n) is 8.56. The third kappa shape index (κ3) is 3.96. The molecule has 1 saturated heterocycles. The van der Waals surface area contributed by atoms with Gasteiger partial charge in [-0.05, 0) is 25.1 Å². The normalized spacial score (nSPS) is 15.2. The Morgan fingerprint density at radius 3 is 2.64 bits per heavy atom. The Morgan fingerprint density at radius 1 is 1.16 bits per heavy atom. The summed E-state index contributed by atoms with van der Waals surface area (Å²) in [5.41, 5.74) is 2.01. The summed E-state index contributed by atoms with van der Waals surface area (Å²) in [5.74, 6) is 0.803. The first kappa shape index (κ1) is 17.4. The van der Waals surface area contributed by atoms with Gasteiger partial charge in [0, 0.05) is 38.3 Å². The van der Waals surface area contributed by atoms with Crippen LogP contribution in [0.15, 0.2) is 41.0 Å². The van der Waals surface area contributed by atoms with Gasteiger partial charge in [-0.2, -0.15) is 0 Å². The lowest BCUT2D eigenvalue weighted by atomic mass is 10.2. The molecule has 134 valence electrons. The number of piperazine rings is 1. The molecule has 1 aliphatic heterocycles. The highest BCUT2D eigenvalue weighted by Crippen LogP contribution is 2.29. The van der Waals surface area contributed by atoms with Crippen molar-refractivity contribution < 1.29 is 18.7 Å². The van der Waals surface area contributed by atoms with Crippen molar-refractivity contribution in [3.8, 4) is 5.75 Å². The van der Waals surface area contributed by atoms with E-state index in [1.54, 1.807) is 0 Å². The molecule has 1 aliphatic rings. The number of nitrogens with zero attached hydrogens (tertiary/aromatic N) is 2. The predicted molar refractivity (Wildman–Crippen MR) is 95.1 cm³/mol. The summed E-state index contributed by atoms with van der Waals surface area (Å²) in [7, 11) is 1.36. The van der Waals surface area contributed by atoms with Crippen LogP contribution < -0.4 is 9.64 Å². The number of anilines is 1. The van der Waals surface area contributed by atoms with Gasteiger partial charge >= 0.3 is 5.97 Å². The van der Waals surface area contributed by atoms with E-state index in [1.807, 2.05) is 31.2 Å². The molecule has 1 aromatic heterocycles. The third-order valence-corrected chi connectivity index (χ3v) is 4.39. The SMILES string of the molecule is CCOc1ccccc1N1CCN(Cc2ccoc2C(=O)OC)CC1. The van der Waals surface area contributed by atoms with Gasteiger partial charge in [0.25, 0.3) is 0 Å². The number of furan rings is 1. The summed E-state index contributed by atoms with van der Waals surface area (Å²) >= 11 is 0. The van der Waals surface area contributed by atoms with E-state index in [0.29, 0.717) is 18.9 Å². The lowest BCUT2D eigenvalue weighted by Gasteiger charge is -2.36. The molecule has 0 saturated carbocycles. The van der Waals surface area contributed by atoms with Crippen molar-refractivity contribution >= 4 is 11.7 Å². The maximum absolute atomic E-state index is 11.7. The van der Waals surface area contributed by atoms with E-state index in [1.165, 1.54) is 13.4 Å². The second-order valence-corrected chi connectivity index (χ2v) is 5.93. The molecule has 2 heterocycles. The van der Waals surface area contributed by atoms with Crippen LogP contribution in [0.2, 0.25) is 0 Å². The summed E-state index contributed by atoms with van der Waals surface area (Å²) in [4.78, 5) is 16.4. The number of carbonyl (C=O) groups excluding carboxylic acids is 1. The van der Waals surface area contributed by atoms with Crippen LogP contribution in [0.1, 0.15) is 23.0 Å². The average molecular weight is 344 g/mol. The van der Waals surface area contributed by atoms with Crippen molar-refractivity contribution in [3.63, 3.8) is 0 Å². The van der Waals surface area contributed by atoms with Crippen LogP contribution in [0.5, 0.6) is 5.75 Å². The standard InChI is InChI=1S/C19H24N2O4/c1-3-24-17-7-5-4-6-16(17)21-11-9-20(10-12-21)14-15-8-13-25-18(15)19(22)23-2/h4-8,13H,3,9-12,14H2,1-2H3. The van der Waals surface area contributed by atoms with E-state index in [4.69, 9.17) is 13.9 Å². The van der Waals surface area contributed by atoms with Gasteiger partial charge in [0.2, 0.25) is 5.76 Å². The number of para-hydroxylation sites is 2. The topological polar surface area (TPSA) is 55.2 Å². The summed E-state index contributed by atoms with van der Waals surface area (Å²) < 4.78 is 15.8. The Kier molecular flexibility index (Phi) is 5.60. The molecule has 0 atom stereocenters. The Balaban J connectivity index is 1.61. The summed E-state index contributed by atoms with van der Waals surface area (Å²) in [6, 6.07) is 9.99. The molecule has 3 rings (SSSR count). The van der Waals surface area contributed by atoms with Crippen molar-refractivity contribution in [2.24, 2.45) is 0 Å². The van der Waals surface area contributed by atoms with Crippen LogP contribution >= 0.6 is 0 Å². The second kappa shape index (κ2) is 8.07. The van der Waals surface area contributed by atoms with Crippen molar-refractivity contribution in [2.45, 2.75) is 13.5 Å². The molecule has 0 aliphatic carbocycles.